The number of hydrogen-bond acceptors (Lipinski definition) is 5. The van der Waals surface area contributed by atoms with Crippen molar-refractivity contribution in [1.29, 1.82) is 0 Å². The first-order valence-electron chi connectivity index (χ1n) is 6.92. The molecule has 4 nitrogen and oxygen atoms in total. The highest BCUT2D eigenvalue weighted by molar-refractivity contribution is 7.18. The fourth-order valence-electron chi connectivity index (χ4n) is 2.25. The van der Waals surface area contributed by atoms with Gasteiger partial charge in [-0.25, -0.2) is 9.97 Å². The van der Waals surface area contributed by atoms with Crippen molar-refractivity contribution in [2.75, 3.05) is 18.5 Å². The number of aryl methyl sites for hydroxylation is 1. The lowest BCUT2D eigenvalue weighted by molar-refractivity contribution is 0.311. The van der Waals surface area contributed by atoms with Crippen molar-refractivity contribution in [3.05, 3.63) is 52.7 Å². The largest absolute Gasteiger partial charge is 0.395 e. The molecule has 0 amide bonds. The van der Waals surface area contributed by atoms with Crippen LogP contribution < -0.4 is 5.32 Å². The van der Waals surface area contributed by atoms with Crippen LogP contribution in [0.15, 0.2) is 36.4 Å². The molecule has 2 heterocycles. The second-order valence-corrected chi connectivity index (χ2v) is 6.11. The van der Waals surface area contributed by atoms with E-state index in [-0.39, 0.29) is 6.61 Å². The predicted octanol–water partition coefficient (Wildman–Crippen LogP) is 2.99. The molecule has 1 aromatic carbocycles. The molecule has 3 rings (SSSR count). The Labute approximate surface area is 127 Å². The Morgan fingerprint density at radius 2 is 2.00 bits per heavy atom. The molecule has 0 unspecified atom stereocenters. The van der Waals surface area contributed by atoms with E-state index in [0.29, 0.717) is 13.0 Å². The normalized spacial score (nSPS) is 11.0. The van der Waals surface area contributed by atoms with Gasteiger partial charge in [0.2, 0.25) is 0 Å². The van der Waals surface area contributed by atoms with E-state index < -0.39 is 0 Å². The summed E-state index contributed by atoms with van der Waals surface area (Å²) in [6, 6.07) is 12.3. The van der Waals surface area contributed by atoms with Crippen LogP contribution in [0, 0.1) is 6.92 Å². The summed E-state index contributed by atoms with van der Waals surface area (Å²) in [6.45, 7) is 2.65. The van der Waals surface area contributed by atoms with E-state index in [0.717, 1.165) is 21.9 Å². The van der Waals surface area contributed by atoms with Gasteiger partial charge in [-0.15, -0.1) is 11.3 Å². The molecule has 2 aromatic heterocycles. The Morgan fingerprint density at radius 1 is 1.19 bits per heavy atom. The van der Waals surface area contributed by atoms with Crippen molar-refractivity contribution in [2.24, 2.45) is 0 Å². The van der Waals surface area contributed by atoms with Crippen molar-refractivity contribution < 1.29 is 5.11 Å². The van der Waals surface area contributed by atoms with Gasteiger partial charge in [-0.05, 0) is 18.6 Å². The van der Waals surface area contributed by atoms with Crippen LogP contribution in [0.25, 0.3) is 10.2 Å². The van der Waals surface area contributed by atoms with Crippen molar-refractivity contribution >= 4 is 27.4 Å². The summed E-state index contributed by atoms with van der Waals surface area (Å²) in [6.07, 6.45) is 0.710. The zero-order valence-electron chi connectivity index (χ0n) is 11.8. The fraction of sp³-hybridized carbons (Fsp3) is 0.250. The number of aliphatic hydroxyl groups excluding tert-OH is 1. The van der Waals surface area contributed by atoms with E-state index in [1.807, 2.05) is 18.2 Å². The van der Waals surface area contributed by atoms with Crippen LogP contribution in [0.1, 0.15) is 16.3 Å². The van der Waals surface area contributed by atoms with Gasteiger partial charge in [0.1, 0.15) is 16.5 Å². The minimum atomic E-state index is 0.0859. The van der Waals surface area contributed by atoms with Gasteiger partial charge in [0.25, 0.3) is 0 Å². The van der Waals surface area contributed by atoms with Crippen molar-refractivity contribution in [1.82, 2.24) is 9.97 Å². The maximum absolute atomic E-state index is 9.01. The molecule has 0 bridgehead atoms. The second kappa shape index (κ2) is 6.20. The predicted molar refractivity (Wildman–Crippen MR) is 87.0 cm³/mol. The first kappa shape index (κ1) is 14.0. The third-order valence-corrected chi connectivity index (χ3v) is 4.12. The van der Waals surface area contributed by atoms with E-state index in [9.17, 15) is 0 Å². The Bertz CT molecular complexity index is 740. The van der Waals surface area contributed by atoms with Gasteiger partial charge in [-0.2, -0.15) is 0 Å². The zero-order valence-corrected chi connectivity index (χ0v) is 12.7. The van der Waals surface area contributed by atoms with Crippen LogP contribution >= 0.6 is 11.3 Å². The molecule has 0 saturated carbocycles. The van der Waals surface area contributed by atoms with Gasteiger partial charge >= 0.3 is 0 Å². The molecule has 0 aliphatic heterocycles. The van der Waals surface area contributed by atoms with E-state index in [2.05, 4.69) is 40.4 Å². The van der Waals surface area contributed by atoms with E-state index >= 15 is 0 Å². The molecule has 21 heavy (non-hydrogen) atoms. The minimum absolute atomic E-state index is 0.0859. The van der Waals surface area contributed by atoms with Crippen molar-refractivity contribution in [3.63, 3.8) is 0 Å². The summed E-state index contributed by atoms with van der Waals surface area (Å²) >= 11 is 1.67. The first-order chi connectivity index (χ1) is 10.3. The van der Waals surface area contributed by atoms with Crippen LogP contribution in [0.4, 0.5) is 5.82 Å². The quantitative estimate of drug-likeness (QED) is 0.760. The Balaban J connectivity index is 1.98. The molecule has 0 radical (unpaired) electrons. The Kier molecular flexibility index (Phi) is 4.13. The van der Waals surface area contributed by atoms with Crippen LogP contribution in [-0.4, -0.2) is 28.2 Å². The average molecular weight is 299 g/mol. The number of fused-ring (bicyclic) bond motifs is 1. The van der Waals surface area contributed by atoms with Crippen molar-refractivity contribution in [3.8, 4) is 0 Å². The molecule has 2 N–H and O–H groups in total. The van der Waals surface area contributed by atoms with Gasteiger partial charge in [0.05, 0.1) is 12.0 Å². The van der Waals surface area contributed by atoms with Gasteiger partial charge < -0.3 is 10.4 Å². The number of hydrogen-bond donors (Lipinski definition) is 2. The van der Waals surface area contributed by atoms with Gasteiger partial charge in [0.15, 0.2) is 0 Å². The third kappa shape index (κ3) is 3.20. The molecule has 0 aliphatic carbocycles. The highest BCUT2D eigenvalue weighted by Gasteiger charge is 2.10. The highest BCUT2D eigenvalue weighted by atomic mass is 32.1. The Morgan fingerprint density at radius 3 is 2.76 bits per heavy atom. The summed E-state index contributed by atoms with van der Waals surface area (Å²) in [4.78, 5) is 11.5. The number of benzene rings is 1. The molecule has 0 atom stereocenters. The monoisotopic (exact) mass is 299 g/mol. The van der Waals surface area contributed by atoms with Gasteiger partial charge in [-0.3, -0.25) is 0 Å². The topological polar surface area (TPSA) is 58.0 Å². The number of aliphatic hydroxyl groups is 1. The third-order valence-electron chi connectivity index (χ3n) is 3.17. The number of nitrogens with zero attached hydrogens (tertiary/aromatic N) is 2. The van der Waals surface area contributed by atoms with Crippen LogP contribution in [0.2, 0.25) is 0 Å². The van der Waals surface area contributed by atoms with Gasteiger partial charge in [0, 0.05) is 17.8 Å². The molecule has 108 valence electrons. The molecule has 0 spiro atoms. The molecule has 5 heteroatoms. The van der Waals surface area contributed by atoms with E-state index in [4.69, 9.17) is 5.11 Å². The van der Waals surface area contributed by atoms with Crippen LogP contribution in [0.5, 0.6) is 0 Å². The molecule has 0 aliphatic rings. The lowest BCUT2D eigenvalue weighted by Gasteiger charge is -2.07. The summed E-state index contributed by atoms with van der Waals surface area (Å²) in [5.41, 5.74) is 1.19. The SMILES string of the molecule is Cc1cc2c(NCCO)nc(Cc3ccccc3)nc2s1. The highest BCUT2D eigenvalue weighted by Crippen LogP contribution is 2.28. The summed E-state index contributed by atoms with van der Waals surface area (Å²) in [5.74, 6) is 1.61. The molecule has 0 fully saturated rings. The van der Waals surface area contributed by atoms with Crippen molar-refractivity contribution in [2.45, 2.75) is 13.3 Å². The standard InChI is InChI=1S/C16H17N3OS/c1-11-9-13-15(17-7-8-20)18-14(19-16(13)21-11)10-12-5-3-2-4-6-12/h2-6,9,20H,7-8,10H2,1H3,(H,17,18,19). The zero-order chi connectivity index (χ0) is 14.7. The average Bonchev–Trinajstić information content (AvgIpc) is 2.86. The molecule has 3 aromatic rings. The molecular weight excluding hydrogens is 282 g/mol. The number of anilines is 1. The van der Waals surface area contributed by atoms with Crippen LogP contribution in [-0.2, 0) is 6.42 Å². The van der Waals surface area contributed by atoms with E-state index in [1.165, 1.54) is 10.4 Å². The minimum Gasteiger partial charge on any atom is -0.395 e. The number of aromatic nitrogens is 2. The second-order valence-electron chi connectivity index (χ2n) is 4.88. The lowest BCUT2D eigenvalue weighted by Crippen LogP contribution is -2.09. The number of rotatable bonds is 5. The van der Waals surface area contributed by atoms with Crippen LogP contribution in [0.3, 0.4) is 0 Å². The lowest BCUT2D eigenvalue weighted by atomic mass is 10.1. The number of nitrogens with one attached hydrogen (secondary N) is 1. The molecular formula is C16H17N3OS. The summed E-state index contributed by atoms with van der Waals surface area (Å²) in [7, 11) is 0. The van der Waals surface area contributed by atoms with Gasteiger partial charge in [-0.1, -0.05) is 30.3 Å². The summed E-state index contributed by atoms with van der Waals surface area (Å²) < 4.78 is 0. The maximum atomic E-state index is 9.01. The maximum Gasteiger partial charge on any atom is 0.138 e. The first-order valence-corrected chi connectivity index (χ1v) is 7.73. The fourth-order valence-corrected chi connectivity index (χ4v) is 3.15. The molecule has 0 saturated heterocycles. The number of thiophene rings is 1. The Hall–Kier alpha value is -1.98. The summed E-state index contributed by atoms with van der Waals surface area (Å²) in [5, 5.41) is 13.2. The smallest absolute Gasteiger partial charge is 0.138 e. The van der Waals surface area contributed by atoms with E-state index in [1.54, 1.807) is 11.3 Å².